The molecule has 2 aromatic carbocycles. The molecule has 1 saturated heterocycles. The second-order valence-electron chi connectivity index (χ2n) is 8.72. The molecule has 4 aromatic rings. The Balaban J connectivity index is 1.25. The van der Waals surface area contributed by atoms with Gasteiger partial charge in [-0.1, -0.05) is 0 Å². The van der Waals surface area contributed by atoms with Crippen LogP contribution in [0, 0.1) is 0 Å². The van der Waals surface area contributed by atoms with E-state index in [1.54, 1.807) is 53.5 Å². The molecular formula is C25H23F3N4O4S. The van der Waals surface area contributed by atoms with Crippen LogP contribution >= 0.6 is 0 Å². The van der Waals surface area contributed by atoms with E-state index in [4.69, 9.17) is 4.74 Å². The van der Waals surface area contributed by atoms with E-state index >= 15 is 0 Å². The fourth-order valence-corrected chi connectivity index (χ4v) is 4.94. The van der Waals surface area contributed by atoms with Crippen molar-refractivity contribution in [1.29, 1.82) is 0 Å². The van der Waals surface area contributed by atoms with E-state index in [0.717, 1.165) is 22.8 Å². The Labute approximate surface area is 211 Å². The molecule has 1 aliphatic heterocycles. The van der Waals surface area contributed by atoms with Gasteiger partial charge in [-0.15, -0.1) is 13.2 Å². The third-order valence-electron chi connectivity index (χ3n) is 6.13. The van der Waals surface area contributed by atoms with Crippen LogP contribution in [0.3, 0.4) is 0 Å². The van der Waals surface area contributed by atoms with Gasteiger partial charge in [0.2, 0.25) is 5.88 Å². The van der Waals surface area contributed by atoms with E-state index in [1.165, 1.54) is 12.1 Å². The molecule has 2 aromatic heterocycles. The maximum Gasteiger partial charge on any atom is 0.573 e. The average Bonchev–Trinajstić information content (AvgIpc) is 3.29. The maximum atomic E-state index is 12.4. The van der Waals surface area contributed by atoms with Crippen molar-refractivity contribution in [3.8, 4) is 17.3 Å². The molecule has 0 amide bonds. The summed E-state index contributed by atoms with van der Waals surface area (Å²) in [5.74, 6) is 0.212. The molecule has 1 fully saturated rings. The van der Waals surface area contributed by atoms with Crippen molar-refractivity contribution in [2.24, 2.45) is 0 Å². The molecule has 37 heavy (non-hydrogen) atoms. The summed E-state index contributed by atoms with van der Waals surface area (Å²) >= 11 is 0. The summed E-state index contributed by atoms with van der Waals surface area (Å²) in [7, 11) is -3.29. The molecule has 0 atom stereocenters. The Morgan fingerprint density at radius 3 is 2.22 bits per heavy atom. The Morgan fingerprint density at radius 2 is 1.59 bits per heavy atom. The number of sulfone groups is 1. The summed E-state index contributed by atoms with van der Waals surface area (Å²) in [5, 5.41) is 5.18. The van der Waals surface area contributed by atoms with Crippen LogP contribution in [0.25, 0.3) is 16.6 Å². The number of aromatic nitrogens is 3. The van der Waals surface area contributed by atoms with Crippen molar-refractivity contribution in [2.75, 3.05) is 24.2 Å². The molecule has 0 saturated carbocycles. The lowest BCUT2D eigenvalue weighted by molar-refractivity contribution is -0.274. The number of anilines is 1. The highest BCUT2D eigenvalue weighted by molar-refractivity contribution is 7.90. The van der Waals surface area contributed by atoms with Gasteiger partial charge in [-0.3, -0.25) is 0 Å². The van der Waals surface area contributed by atoms with E-state index in [1.807, 2.05) is 6.07 Å². The minimum atomic E-state index is -4.71. The topological polar surface area (TPSA) is 86.5 Å². The van der Waals surface area contributed by atoms with Crippen molar-refractivity contribution >= 4 is 26.4 Å². The summed E-state index contributed by atoms with van der Waals surface area (Å²) in [6.07, 6.45) is 1.09. The summed E-state index contributed by atoms with van der Waals surface area (Å²) in [4.78, 5) is 6.71. The molecule has 0 unspecified atom stereocenters. The predicted octanol–water partition coefficient (Wildman–Crippen LogP) is 4.77. The molecule has 0 radical (unpaired) electrons. The molecule has 12 heteroatoms. The highest BCUT2D eigenvalue weighted by atomic mass is 32.2. The summed E-state index contributed by atoms with van der Waals surface area (Å²) in [6, 6.07) is 14.1. The molecule has 8 nitrogen and oxygen atoms in total. The Kier molecular flexibility index (Phi) is 6.44. The van der Waals surface area contributed by atoms with Crippen LogP contribution in [0.5, 0.6) is 11.6 Å². The molecule has 3 heterocycles. The van der Waals surface area contributed by atoms with Crippen LogP contribution in [0.4, 0.5) is 18.9 Å². The number of rotatable bonds is 6. The van der Waals surface area contributed by atoms with Crippen molar-refractivity contribution in [2.45, 2.75) is 30.2 Å². The van der Waals surface area contributed by atoms with Gasteiger partial charge in [-0.05, 0) is 54.6 Å². The molecule has 194 valence electrons. The van der Waals surface area contributed by atoms with Gasteiger partial charge in [0.25, 0.3) is 0 Å². The van der Waals surface area contributed by atoms with Gasteiger partial charge in [0.05, 0.1) is 27.7 Å². The molecular weight excluding hydrogens is 509 g/mol. The van der Waals surface area contributed by atoms with E-state index < -0.39 is 16.2 Å². The third-order valence-corrected chi connectivity index (χ3v) is 7.25. The summed E-state index contributed by atoms with van der Waals surface area (Å²) in [6.45, 7) is 1.35. The zero-order valence-electron chi connectivity index (χ0n) is 19.7. The van der Waals surface area contributed by atoms with E-state index in [0.29, 0.717) is 37.5 Å². The first-order valence-electron chi connectivity index (χ1n) is 11.5. The Morgan fingerprint density at radius 1 is 0.946 bits per heavy atom. The minimum absolute atomic E-state index is 0.0837. The van der Waals surface area contributed by atoms with Crippen LogP contribution in [-0.4, -0.2) is 55.0 Å². The van der Waals surface area contributed by atoms with Crippen LogP contribution in [0.15, 0.2) is 71.9 Å². The normalized spacial score (nSPS) is 15.2. The van der Waals surface area contributed by atoms with Gasteiger partial charge in [-0.25, -0.2) is 18.1 Å². The second kappa shape index (κ2) is 9.58. The summed E-state index contributed by atoms with van der Waals surface area (Å²) in [5.41, 5.74) is 2.30. The van der Waals surface area contributed by atoms with Gasteiger partial charge in [0.15, 0.2) is 9.84 Å². The van der Waals surface area contributed by atoms with Gasteiger partial charge in [-0.2, -0.15) is 5.10 Å². The zero-order valence-corrected chi connectivity index (χ0v) is 20.5. The van der Waals surface area contributed by atoms with E-state index in [9.17, 15) is 21.6 Å². The molecule has 0 bridgehead atoms. The number of hydrogen-bond donors (Lipinski definition) is 0. The number of pyridine rings is 1. The molecule has 5 rings (SSSR count). The molecule has 1 aliphatic rings. The maximum absolute atomic E-state index is 12.4. The Hall–Kier alpha value is -3.80. The summed E-state index contributed by atoms with van der Waals surface area (Å²) < 4.78 is 72.5. The van der Waals surface area contributed by atoms with Crippen LogP contribution in [0.1, 0.15) is 12.8 Å². The van der Waals surface area contributed by atoms with Crippen LogP contribution in [0.2, 0.25) is 0 Å². The van der Waals surface area contributed by atoms with Crippen molar-refractivity contribution in [3.63, 3.8) is 0 Å². The largest absolute Gasteiger partial charge is 0.573 e. The zero-order chi connectivity index (χ0) is 26.2. The number of fused-ring (bicyclic) bond motifs is 1. The third kappa shape index (κ3) is 5.63. The SMILES string of the molecule is CS(=O)(=O)c1ccc(-n2ncc3c(OC4CCN(c5ccc(OC(F)(F)F)cc5)CC4)nccc32)cc1. The minimum Gasteiger partial charge on any atom is -0.474 e. The van der Waals surface area contributed by atoms with Gasteiger partial charge in [0, 0.05) is 44.1 Å². The first-order chi connectivity index (χ1) is 17.6. The average molecular weight is 533 g/mol. The van der Waals surface area contributed by atoms with E-state index in [-0.39, 0.29) is 16.7 Å². The lowest BCUT2D eigenvalue weighted by Gasteiger charge is -2.33. The van der Waals surface area contributed by atoms with Crippen LogP contribution < -0.4 is 14.4 Å². The lowest BCUT2D eigenvalue weighted by atomic mass is 10.1. The quantitative estimate of drug-likeness (QED) is 0.354. The van der Waals surface area contributed by atoms with Gasteiger partial charge >= 0.3 is 6.36 Å². The molecule has 0 N–H and O–H groups in total. The highest BCUT2D eigenvalue weighted by Gasteiger charge is 2.31. The smallest absolute Gasteiger partial charge is 0.474 e. The standard InChI is InChI=1S/C25H23F3N4O4S/c1-37(33,34)21-8-4-18(5-9-21)32-23-10-13-29-24(22(23)16-30-32)35-19-11-14-31(15-12-19)17-2-6-20(7-3-17)36-25(26,27)28/h2-10,13,16,19H,11-12,14-15H2,1H3. The number of halogens is 3. The van der Waals surface area contributed by atoms with Crippen molar-refractivity contribution < 1.29 is 31.1 Å². The van der Waals surface area contributed by atoms with E-state index in [2.05, 4.69) is 19.7 Å². The lowest BCUT2D eigenvalue weighted by Crippen LogP contribution is -2.38. The van der Waals surface area contributed by atoms with Crippen molar-refractivity contribution in [3.05, 3.63) is 67.0 Å². The van der Waals surface area contributed by atoms with Crippen molar-refractivity contribution in [1.82, 2.24) is 14.8 Å². The predicted molar refractivity (Wildman–Crippen MR) is 131 cm³/mol. The molecule has 0 aliphatic carbocycles. The first kappa shape index (κ1) is 24.9. The fraction of sp³-hybridized carbons (Fsp3) is 0.280. The number of nitrogens with zero attached hydrogens (tertiary/aromatic N) is 4. The number of alkyl halides is 3. The monoisotopic (exact) mass is 532 g/mol. The first-order valence-corrected chi connectivity index (χ1v) is 13.4. The molecule has 0 spiro atoms. The fourth-order valence-electron chi connectivity index (χ4n) is 4.31. The Bertz CT molecular complexity index is 1500. The number of ether oxygens (including phenoxy) is 2. The van der Waals surface area contributed by atoms with Gasteiger partial charge < -0.3 is 14.4 Å². The number of hydrogen-bond acceptors (Lipinski definition) is 7. The van der Waals surface area contributed by atoms with Crippen LogP contribution in [-0.2, 0) is 9.84 Å². The highest BCUT2D eigenvalue weighted by Crippen LogP contribution is 2.30. The number of benzene rings is 2. The number of piperidine rings is 1. The second-order valence-corrected chi connectivity index (χ2v) is 10.7. The van der Waals surface area contributed by atoms with Gasteiger partial charge in [0.1, 0.15) is 11.9 Å².